The smallest absolute Gasteiger partial charge is 0.255 e. The molecule has 6 heteroatoms. The van der Waals surface area contributed by atoms with Crippen molar-refractivity contribution in [3.63, 3.8) is 0 Å². The van der Waals surface area contributed by atoms with Gasteiger partial charge in [0, 0.05) is 30.9 Å². The monoisotopic (exact) mass is 297 g/mol. The van der Waals surface area contributed by atoms with Gasteiger partial charge < -0.3 is 10.6 Å². The third-order valence-corrected chi connectivity index (χ3v) is 4.55. The Hall–Kier alpha value is -1.20. The minimum atomic E-state index is -0.145. The number of amides is 1. The molecule has 0 spiro atoms. The van der Waals surface area contributed by atoms with Crippen LogP contribution >= 0.6 is 23.8 Å². The van der Waals surface area contributed by atoms with Gasteiger partial charge in [0.15, 0.2) is 0 Å². The van der Waals surface area contributed by atoms with Crippen LogP contribution in [-0.4, -0.2) is 33.9 Å². The Morgan fingerprint density at radius 2 is 2.16 bits per heavy atom. The first-order valence-corrected chi connectivity index (χ1v) is 6.91. The number of pyridine rings is 1. The molecule has 19 heavy (non-hydrogen) atoms. The highest BCUT2D eigenvalue weighted by Gasteiger charge is 2.34. The molecule has 102 valence electrons. The summed E-state index contributed by atoms with van der Waals surface area (Å²) in [5.41, 5.74) is 6.11. The molecule has 0 saturated carbocycles. The van der Waals surface area contributed by atoms with Gasteiger partial charge in [0.1, 0.15) is 0 Å². The van der Waals surface area contributed by atoms with Crippen LogP contribution in [0.25, 0.3) is 0 Å². The van der Waals surface area contributed by atoms with Gasteiger partial charge in [-0.3, -0.25) is 9.78 Å². The lowest BCUT2D eigenvalue weighted by Crippen LogP contribution is -2.46. The number of carbonyl (C=O) groups is 1. The molecule has 1 aliphatic rings. The normalized spacial score (nSPS) is 18.1. The fraction of sp³-hybridized carbons (Fsp3) is 0.462. The fourth-order valence-electron chi connectivity index (χ4n) is 2.17. The predicted octanol–water partition coefficient (Wildman–Crippen LogP) is 2.26. The Morgan fingerprint density at radius 1 is 1.53 bits per heavy atom. The zero-order valence-corrected chi connectivity index (χ0v) is 12.3. The van der Waals surface area contributed by atoms with Crippen LogP contribution in [-0.2, 0) is 0 Å². The molecule has 0 aliphatic carbocycles. The summed E-state index contributed by atoms with van der Waals surface area (Å²) in [5, 5.41) is 0.384. The Morgan fingerprint density at radius 3 is 2.68 bits per heavy atom. The maximum absolute atomic E-state index is 12.4. The summed E-state index contributed by atoms with van der Waals surface area (Å²) >= 11 is 11.1. The van der Waals surface area contributed by atoms with Crippen LogP contribution in [0.15, 0.2) is 18.5 Å². The molecule has 1 aromatic heterocycles. The summed E-state index contributed by atoms with van der Waals surface area (Å²) in [6.45, 7) is 3.34. The number of nitrogens with zero attached hydrogens (tertiary/aromatic N) is 2. The summed E-state index contributed by atoms with van der Waals surface area (Å²) in [6.07, 6.45) is 4.63. The SMILES string of the molecule is CC1(C(N)=S)CCN(C(=O)c2ccncc2Cl)CC1. The lowest BCUT2D eigenvalue weighted by Gasteiger charge is -2.38. The number of thiocarbonyl (C=S) groups is 1. The number of halogens is 1. The highest BCUT2D eigenvalue weighted by atomic mass is 35.5. The number of aromatic nitrogens is 1. The van der Waals surface area contributed by atoms with E-state index in [-0.39, 0.29) is 11.3 Å². The van der Waals surface area contributed by atoms with Crippen molar-refractivity contribution < 1.29 is 4.79 Å². The summed E-state index contributed by atoms with van der Waals surface area (Å²) in [5.74, 6) is -0.0580. The molecule has 0 atom stereocenters. The van der Waals surface area contributed by atoms with Gasteiger partial charge >= 0.3 is 0 Å². The van der Waals surface area contributed by atoms with Crippen molar-refractivity contribution in [2.75, 3.05) is 13.1 Å². The van der Waals surface area contributed by atoms with E-state index >= 15 is 0 Å². The van der Waals surface area contributed by atoms with Crippen LogP contribution in [0, 0.1) is 5.41 Å². The maximum Gasteiger partial charge on any atom is 0.255 e. The molecule has 4 nitrogen and oxygen atoms in total. The number of hydrogen-bond acceptors (Lipinski definition) is 3. The first-order valence-electron chi connectivity index (χ1n) is 6.13. The molecule has 0 unspecified atom stereocenters. The molecule has 1 aliphatic heterocycles. The third-order valence-electron chi connectivity index (χ3n) is 3.75. The molecule has 1 saturated heterocycles. The Balaban J connectivity index is 2.08. The zero-order chi connectivity index (χ0) is 14.0. The number of rotatable bonds is 2. The zero-order valence-electron chi connectivity index (χ0n) is 10.7. The average molecular weight is 298 g/mol. The molecular formula is C13H16ClN3OS. The number of likely N-dealkylation sites (tertiary alicyclic amines) is 1. The fourth-order valence-corrected chi connectivity index (χ4v) is 2.57. The minimum Gasteiger partial charge on any atom is -0.393 e. The van der Waals surface area contributed by atoms with E-state index in [1.165, 1.54) is 6.20 Å². The van der Waals surface area contributed by atoms with Gasteiger partial charge in [-0.05, 0) is 18.9 Å². The molecule has 0 radical (unpaired) electrons. The largest absolute Gasteiger partial charge is 0.393 e. The van der Waals surface area contributed by atoms with Crippen molar-refractivity contribution in [3.8, 4) is 0 Å². The Labute approximate surface area is 122 Å². The van der Waals surface area contributed by atoms with Crippen molar-refractivity contribution in [2.24, 2.45) is 11.1 Å². The van der Waals surface area contributed by atoms with E-state index in [4.69, 9.17) is 29.6 Å². The van der Waals surface area contributed by atoms with Crippen LogP contribution in [0.2, 0.25) is 5.02 Å². The highest BCUT2D eigenvalue weighted by Crippen LogP contribution is 2.32. The van der Waals surface area contributed by atoms with Crippen LogP contribution in [0.1, 0.15) is 30.1 Å². The Bertz CT molecular complexity index is 512. The van der Waals surface area contributed by atoms with Crippen molar-refractivity contribution in [1.29, 1.82) is 0 Å². The molecule has 2 heterocycles. The van der Waals surface area contributed by atoms with E-state index in [1.54, 1.807) is 17.2 Å². The van der Waals surface area contributed by atoms with Gasteiger partial charge in [0.2, 0.25) is 0 Å². The molecule has 2 N–H and O–H groups in total. The lowest BCUT2D eigenvalue weighted by molar-refractivity contribution is 0.0670. The van der Waals surface area contributed by atoms with E-state index in [2.05, 4.69) is 11.9 Å². The van der Waals surface area contributed by atoms with Crippen LogP contribution < -0.4 is 5.73 Å². The van der Waals surface area contributed by atoms with Gasteiger partial charge in [-0.1, -0.05) is 30.7 Å². The van der Waals surface area contributed by atoms with E-state index in [1.807, 2.05) is 0 Å². The second kappa shape index (κ2) is 5.43. The Kier molecular flexibility index (Phi) is 4.06. The van der Waals surface area contributed by atoms with E-state index in [0.717, 1.165) is 12.8 Å². The highest BCUT2D eigenvalue weighted by molar-refractivity contribution is 7.80. The van der Waals surface area contributed by atoms with Gasteiger partial charge in [-0.25, -0.2) is 0 Å². The number of piperidine rings is 1. The van der Waals surface area contributed by atoms with E-state index < -0.39 is 0 Å². The minimum absolute atomic E-state index is 0.0580. The first kappa shape index (κ1) is 14.2. The molecule has 1 fully saturated rings. The maximum atomic E-state index is 12.4. The molecular weight excluding hydrogens is 282 g/mol. The topological polar surface area (TPSA) is 59.2 Å². The summed E-state index contributed by atoms with van der Waals surface area (Å²) in [6, 6.07) is 1.64. The van der Waals surface area contributed by atoms with Gasteiger partial charge in [0.25, 0.3) is 5.91 Å². The number of carbonyl (C=O) groups excluding carboxylic acids is 1. The molecule has 1 amide bonds. The predicted molar refractivity (Wildman–Crippen MR) is 79.3 cm³/mol. The van der Waals surface area contributed by atoms with E-state index in [9.17, 15) is 4.79 Å². The summed E-state index contributed by atoms with van der Waals surface area (Å²) in [7, 11) is 0. The second-order valence-electron chi connectivity index (χ2n) is 5.07. The van der Waals surface area contributed by atoms with Gasteiger partial charge in [-0.2, -0.15) is 0 Å². The van der Waals surface area contributed by atoms with Crippen LogP contribution in [0.4, 0.5) is 0 Å². The standard InChI is InChI=1S/C13H16ClN3OS/c1-13(12(15)19)3-6-17(7-4-13)11(18)9-2-5-16-8-10(9)14/h2,5,8H,3-4,6-7H2,1H3,(H2,15,19). The van der Waals surface area contributed by atoms with Gasteiger partial charge in [-0.15, -0.1) is 0 Å². The van der Waals surface area contributed by atoms with Crippen LogP contribution in [0.3, 0.4) is 0 Å². The van der Waals surface area contributed by atoms with Crippen molar-refractivity contribution >= 4 is 34.7 Å². The number of hydrogen-bond donors (Lipinski definition) is 1. The van der Waals surface area contributed by atoms with Crippen molar-refractivity contribution in [3.05, 3.63) is 29.0 Å². The summed E-state index contributed by atoms with van der Waals surface area (Å²) in [4.78, 5) is 18.6. The first-order chi connectivity index (χ1) is 8.94. The van der Waals surface area contributed by atoms with Crippen molar-refractivity contribution in [1.82, 2.24) is 9.88 Å². The van der Waals surface area contributed by atoms with Crippen LogP contribution in [0.5, 0.6) is 0 Å². The molecule has 2 rings (SSSR count). The second-order valence-corrected chi connectivity index (χ2v) is 5.92. The average Bonchev–Trinajstić information content (AvgIpc) is 2.39. The van der Waals surface area contributed by atoms with E-state index in [0.29, 0.717) is 28.7 Å². The molecule has 1 aromatic rings. The third kappa shape index (κ3) is 2.87. The quantitative estimate of drug-likeness (QED) is 0.851. The summed E-state index contributed by atoms with van der Waals surface area (Å²) < 4.78 is 0. The molecule has 0 aromatic carbocycles. The van der Waals surface area contributed by atoms with Gasteiger partial charge in [0.05, 0.1) is 15.6 Å². The van der Waals surface area contributed by atoms with Crippen molar-refractivity contribution in [2.45, 2.75) is 19.8 Å². The lowest BCUT2D eigenvalue weighted by atomic mass is 9.80. The molecule has 0 bridgehead atoms. The number of nitrogens with two attached hydrogens (primary N) is 1.